The molecule has 0 amide bonds. The second-order valence-corrected chi connectivity index (χ2v) is 9.38. The highest BCUT2D eigenvalue weighted by Gasteiger charge is 2.48. The van der Waals surface area contributed by atoms with Crippen LogP contribution in [0.2, 0.25) is 0 Å². The third-order valence-electron chi connectivity index (χ3n) is 7.05. The van der Waals surface area contributed by atoms with Gasteiger partial charge in [0.2, 0.25) is 0 Å². The molecule has 0 spiro atoms. The zero-order chi connectivity index (χ0) is 15.4. The van der Waals surface area contributed by atoms with Crippen molar-refractivity contribution in [2.45, 2.75) is 50.6 Å². The van der Waals surface area contributed by atoms with Gasteiger partial charge in [-0.25, -0.2) is 0 Å². The lowest BCUT2D eigenvalue weighted by Crippen LogP contribution is -2.55. The van der Waals surface area contributed by atoms with Crippen molar-refractivity contribution < 1.29 is 0 Å². The van der Waals surface area contributed by atoms with E-state index in [-0.39, 0.29) is 0 Å². The Labute approximate surface area is 147 Å². The molecule has 3 heteroatoms. The number of fused-ring (bicyclic) bond motifs is 1. The van der Waals surface area contributed by atoms with E-state index < -0.39 is 0 Å². The lowest BCUT2D eigenvalue weighted by molar-refractivity contribution is -0.0143. The number of hydrogen-bond donors (Lipinski definition) is 2. The first kappa shape index (κ1) is 14.9. The van der Waals surface area contributed by atoms with Crippen molar-refractivity contribution >= 4 is 15.9 Å². The normalized spacial score (nSPS) is 41.1. The molecule has 1 aromatic rings. The standard InChI is InChI=1S/C20H27BrN2/c21-17-2-1-14-3-4-22-19(18(14)10-17)11-23-20-15-6-12-5-13(8-15)9-16(20)7-12/h1-2,10,12-13,15-16,19-20,22-23H,3-9,11H2. The number of nitrogens with one attached hydrogen (secondary N) is 2. The molecule has 1 atom stereocenters. The van der Waals surface area contributed by atoms with Crippen LogP contribution in [0.1, 0.15) is 49.3 Å². The predicted molar refractivity (Wildman–Crippen MR) is 97.4 cm³/mol. The number of benzene rings is 1. The summed E-state index contributed by atoms with van der Waals surface area (Å²) >= 11 is 3.65. The molecule has 6 rings (SSSR count). The maximum Gasteiger partial charge on any atom is 0.0450 e. The summed E-state index contributed by atoms with van der Waals surface area (Å²) in [6, 6.07) is 8.09. The van der Waals surface area contributed by atoms with Gasteiger partial charge in [0.15, 0.2) is 0 Å². The first-order valence-corrected chi connectivity index (χ1v) is 10.3. The summed E-state index contributed by atoms with van der Waals surface area (Å²) in [6.07, 6.45) is 8.73. The number of rotatable bonds is 3. The molecule has 4 aliphatic carbocycles. The Kier molecular flexibility index (Phi) is 3.80. The van der Waals surface area contributed by atoms with Crippen molar-refractivity contribution in [2.24, 2.45) is 23.7 Å². The molecular formula is C20H27BrN2. The van der Waals surface area contributed by atoms with Crippen LogP contribution >= 0.6 is 15.9 Å². The second-order valence-electron chi connectivity index (χ2n) is 8.46. The first-order chi connectivity index (χ1) is 11.3. The minimum atomic E-state index is 0.480. The maximum absolute atomic E-state index is 4.02. The van der Waals surface area contributed by atoms with Crippen LogP contribution in [0, 0.1) is 23.7 Å². The van der Waals surface area contributed by atoms with E-state index in [4.69, 9.17) is 0 Å². The molecule has 4 fully saturated rings. The molecule has 124 valence electrons. The van der Waals surface area contributed by atoms with E-state index in [1.54, 1.807) is 6.42 Å². The minimum absolute atomic E-state index is 0.480. The summed E-state index contributed by atoms with van der Waals surface area (Å²) in [5.74, 6) is 4.08. The summed E-state index contributed by atoms with van der Waals surface area (Å²) in [4.78, 5) is 0. The molecule has 5 aliphatic rings. The molecule has 0 aromatic heterocycles. The molecule has 1 aromatic carbocycles. The van der Waals surface area contributed by atoms with Gasteiger partial charge in [0.05, 0.1) is 0 Å². The van der Waals surface area contributed by atoms with Gasteiger partial charge in [-0.1, -0.05) is 22.0 Å². The average molecular weight is 375 g/mol. The monoisotopic (exact) mass is 374 g/mol. The molecule has 2 N–H and O–H groups in total. The van der Waals surface area contributed by atoms with E-state index in [2.05, 4.69) is 44.8 Å². The second kappa shape index (κ2) is 5.86. The highest BCUT2D eigenvalue weighted by Crippen LogP contribution is 2.53. The van der Waals surface area contributed by atoms with Crippen LogP contribution in [-0.4, -0.2) is 19.1 Å². The lowest BCUT2D eigenvalue weighted by atomic mass is 9.54. The van der Waals surface area contributed by atoms with Crippen molar-refractivity contribution in [1.82, 2.24) is 10.6 Å². The third kappa shape index (κ3) is 2.69. The molecular weight excluding hydrogens is 348 g/mol. The molecule has 1 heterocycles. The van der Waals surface area contributed by atoms with Crippen molar-refractivity contribution in [3.63, 3.8) is 0 Å². The van der Waals surface area contributed by atoms with E-state index in [1.807, 2.05) is 0 Å². The fourth-order valence-electron chi connectivity index (χ4n) is 6.30. The van der Waals surface area contributed by atoms with Crippen molar-refractivity contribution in [2.75, 3.05) is 13.1 Å². The van der Waals surface area contributed by atoms with Crippen molar-refractivity contribution in [3.05, 3.63) is 33.8 Å². The molecule has 4 bridgehead atoms. The van der Waals surface area contributed by atoms with Gasteiger partial charge >= 0.3 is 0 Å². The van der Waals surface area contributed by atoms with Crippen LogP contribution in [0.3, 0.4) is 0 Å². The van der Waals surface area contributed by atoms with E-state index >= 15 is 0 Å². The van der Waals surface area contributed by atoms with Gasteiger partial charge in [0.25, 0.3) is 0 Å². The fourth-order valence-corrected chi connectivity index (χ4v) is 6.68. The Bertz CT molecular complexity index is 571. The minimum Gasteiger partial charge on any atom is -0.312 e. The zero-order valence-corrected chi connectivity index (χ0v) is 15.3. The lowest BCUT2D eigenvalue weighted by Gasteiger charge is -2.55. The first-order valence-electron chi connectivity index (χ1n) is 9.51. The van der Waals surface area contributed by atoms with Gasteiger partial charge in [-0.05, 0) is 92.0 Å². The van der Waals surface area contributed by atoms with Gasteiger partial charge in [-0.2, -0.15) is 0 Å². The summed E-state index contributed by atoms with van der Waals surface area (Å²) in [6.45, 7) is 2.21. The Morgan fingerprint density at radius 3 is 2.52 bits per heavy atom. The molecule has 4 saturated carbocycles. The van der Waals surface area contributed by atoms with Crippen LogP contribution in [0.4, 0.5) is 0 Å². The third-order valence-corrected chi connectivity index (χ3v) is 7.55. The van der Waals surface area contributed by atoms with Crippen molar-refractivity contribution in [3.8, 4) is 0 Å². The maximum atomic E-state index is 4.02. The highest BCUT2D eigenvalue weighted by atomic mass is 79.9. The van der Waals surface area contributed by atoms with Gasteiger partial charge in [-0.15, -0.1) is 0 Å². The van der Waals surface area contributed by atoms with Crippen LogP contribution in [0.5, 0.6) is 0 Å². The van der Waals surface area contributed by atoms with E-state index in [1.165, 1.54) is 41.3 Å². The molecule has 0 radical (unpaired) electrons. The molecule has 0 saturated heterocycles. The topological polar surface area (TPSA) is 24.1 Å². The van der Waals surface area contributed by atoms with E-state index in [0.717, 1.165) is 49.2 Å². The Hall–Kier alpha value is -0.380. The van der Waals surface area contributed by atoms with Gasteiger partial charge in [0.1, 0.15) is 0 Å². The average Bonchev–Trinajstić information content (AvgIpc) is 2.54. The Balaban J connectivity index is 1.30. The molecule has 23 heavy (non-hydrogen) atoms. The van der Waals surface area contributed by atoms with Gasteiger partial charge < -0.3 is 10.6 Å². The summed E-state index contributed by atoms with van der Waals surface area (Å²) < 4.78 is 1.21. The molecule has 2 nitrogen and oxygen atoms in total. The SMILES string of the molecule is Brc1ccc2c(c1)C(CNC1C3CC4CC(C3)CC1C4)NCC2. The molecule has 1 unspecified atom stereocenters. The van der Waals surface area contributed by atoms with Crippen molar-refractivity contribution in [1.29, 1.82) is 0 Å². The van der Waals surface area contributed by atoms with Crippen LogP contribution in [0.15, 0.2) is 22.7 Å². The summed E-state index contributed by atoms with van der Waals surface area (Å²) in [5, 5.41) is 7.76. The van der Waals surface area contributed by atoms with E-state index in [9.17, 15) is 0 Å². The Morgan fingerprint density at radius 1 is 1.04 bits per heavy atom. The van der Waals surface area contributed by atoms with Crippen LogP contribution in [-0.2, 0) is 6.42 Å². The summed E-state index contributed by atoms with van der Waals surface area (Å²) in [7, 11) is 0. The highest BCUT2D eigenvalue weighted by molar-refractivity contribution is 9.10. The number of hydrogen-bond acceptors (Lipinski definition) is 2. The largest absolute Gasteiger partial charge is 0.312 e. The quantitative estimate of drug-likeness (QED) is 0.833. The van der Waals surface area contributed by atoms with Crippen LogP contribution < -0.4 is 10.6 Å². The number of halogens is 1. The fraction of sp³-hybridized carbons (Fsp3) is 0.700. The predicted octanol–water partition coefficient (Wildman–Crippen LogP) is 4.05. The molecule has 1 aliphatic heterocycles. The zero-order valence-electron chi connectivity index (χ0n) is 13.7. The summed E-state index contributed by atoms with van der Waals surface area (Å²) in [5.41, 5.74) is 3.03. The van der Waals surface area contributed by atoms with Crippen LogP contribution in [0.25, 0.3) is 0 Å². The Morgan fingerprint density at radius 2 is 1.78 bits per heavy atom. The van der Waals surface area contributed by atoms with Gasteiger partial charge in [-0.3, -0.25) is 0 Å². The smallest absolute Gasteiger partial charge is 0.0450 e. The van der Waals surface area contributed by atoms with E-state index in [0.29, 0.717) is 6.04 Å². The van der Waals surface area contributed by atoms with Gasteiger partial charge in [0, 0.05) is 23.1 Å².